The molecule has 0 nitrogen and oxygen atoms in total. The van der Waals surface area contributed by atoms with Crippen molar-refractivity contribution in [1.29, 1.82) is 0 Å². The zero-order valence-electron chi connectivity index (χ0n) is 6.60. The van der Waals surface area contributed by atoms with Crippen LogP contribution >= 0.6 is 0 Å². The number of hydrogen-bond donors (Lipinski definition) is 0. The van der Waals surface area contributed by atoms with Gasteiger partial charge in [0.15, 0.2) is 0 Å². The van der Waals surface area contributed by atoms with E-state index in [9.17, 15) is 0 Å². The molecule has 1 rings (SSSR count). The topological polar surface area (TPSA) is 0 Å². The molecule has 0 atom stereocenters. The third-order valence-corrected chi connectivity index (χ3v) is 2.05. The predicted octanol–water partition coefficient (Wildman–Crippen LogP) is 3.45. The summed E-state index contributed by atoms with van der Waals surface area (Å²) in [6.07, 6.45) is 12.3. The van der Waals surface area contributed by atoms with Crippen LogP contribution in [0.3, 0.4) is 0 Å². The minimum Gasteiger partial charge on any atom is -0.103 e. The molecule has 0 N–H and O–H groups in total. The molecular formula is C10H16. The summed E-state index contributed by atoms with van der Waals surface area (Å²) < 4.78 is 0. The molecular weight excluding hydrogens is 120 g/mol. The first-order valence-corrected chi connectivity index (χ1v) is 4.22. The fourth-order valence-electron chi connectivity index (χ4n) is 1.22. The number of rotatable bonds is 5. The van der Waals surface area contributed by atoms with Crippen molar-refractivity contribution in [2.45, 2.75) is 38.5 Å². The molecule has 1 aliphatic rings. The van der Waals surface area contributed by atoms with Crippen molar-refractivity contribution < 1.29 is 0 Å². The molecule has 10 heavy (non-hydrogen) atoms. The largest absolute Gasteiger partial charge is 0.103 e. The third kappa shape index (κ3) is 2.38. The summed E-state index contributed by atoms with van der Waals surface area (Å²) in [5, 5.41) is 0. The van der Waals surface area contributed by atoms with E-state index in [4.69, 9.17) is 0 Å². The molecule has 0 unspecified atom stereocenters. The zero-order chi connectivity index (χ0) is 7.23. The van der Waals surface area contributed by atoms with Crippen LogP contribution in [0.4, 0.5) is 0 Å². The second-order valence-electron chi connectivity index (χ2n) is 2.94. The van der Waals surface area contributed by atoms with E-state index in [1.54, 1.807) is 5.57 Å². The molecule has 56 valence electrons. The van der Waals surface area contributed by atoms with Gasteiger partial charge in [-0.05, 0) is 38.5 Å². The lowest BCUT2D eigenvalue weighted by Crippen LogP contribution is -1.93. The Morgan fingerprint density at radius 3 is 2.80 bits per heavy atom. The van der Waals surface area contributed by atoms with Crippen LogP contribution in [0.25, 0.3) is 0 Å². The van der Waals surface area contributed by atoms with Gasteiger partial charge in [0.05, 0.1) is 0 Å². The van der Waals surface area contributed by atoms with Crippen molar-refractivity contribution in [3.05, 3.63) is 24.3 Å². The van der Waals surface area contributed by atoms with Crippen molar-refractivity contribution in [2.75, 3.05) is 0 Å². The van der Waals surface area contributed by atoms with Gasteiger partial charge in [-0.25, -0.2) is 0 Å². The summed E-state index contributed by atoms with van der Waals surface area (Å²) in [6, 6.07) is 0. The Bertz CT molecular complexity index is 131. The van der Waals surface area contributed by atoms with Gasteiger partial charge in [0.1, 0.15) is 0 Å². The summed E-state index contributed by atoms with van der Waals surface area (Å²) in [5.74, 6) is 0. The second-order valence-corrected chi connectivity index (χ2v) is 2.94. The fraction of sp³-hybridized carbons (Fsp3) is 0.600. The first-order chi connectivity index (χ1) is 4.93. The molecule has 0 aromatic carbocycles. The molecule has 0 spiro atoms. The highest BCUT2D eigenvalue weighted by atomic mass is 14.1. The summed E-state index contributed by atoms with van der Waals surface area (Å²) in [5.41, 5.74) is 1.68. The van der Waals surface area contributed by atoms with Crippen LogP contribution < -0.4 is 0 Å². The Morgan fingerprint density at radius 1 is 1.50 bits per heavy atom. The Morgan fingerprint density at radius 2 is 2.30 bits per heavy atom. The highest BCUT2D eigenvalue weighted by Crippen LogP contribution is 2.23. The Balaban J connectivity index is 1.90. The van der Waals surface area contributed by atoms with Gasteiger partial charge in [0.25, 0.3) is 0 Å². The predicted molar refractivity (Wildman–Crippen MR) is 46.0 cm³/mol. The van der Waals surface area contributed by atoms with E-state index in [1.165, 1.54) is 38.5 Å². The van der Waals surface area contributed by atoms with Crippen LogP contribution in [-0.2, 0) is 0 Å². The minimum absolute atomic E-state index is 1.19. The minimum atomic E-state index is 1.19. The number of allylic oxidation sites excluding steroid dienone is 3. The van der Waals surface area contributed by atoms with Gasteiger partial charge in [-0.3, -0.25) is 0 Å². The van der Waals surface area contributed by atoms with Gasteiger partial charge in [0, 0.05) is 0 Å². The summed E-state index contributed by atoms with van der Waals surface area (Å²) in [7, 11) is 0. The van der Waals surface area contributed by atoms with E-state index in [0.29, 0.717) is 0 Å². The molecule has 0 fully saturated rings. The van der Waals surface area contributed by atoms with Crippen LogP contribution in [0.5, 0.6) is 0 Å². The van der Waals surface area contributed by atoms with Crippen molar-refractivity contribution in [3.8, 4) is 0 Å². The molecule has 0 radical (unpaired) electrons. The van der Waals surface area contributed by atoms with Gasteiger partial charge in [0.2, 0.25) is 0 Å². The SMILES string of the molecule is C=CCCCCC1=CCC1. The molecule has 0 amide bonds. The fourth-order valence-corrected chi connectivity index (χ4v) is 1.22. The van der Waals surface area contributed by atoms with Gasteiger partial charge in [-0.15, -0.1) is 6.58 Å². The van der Waals surface area contributed by atoms with E-state index < -0.39 is 0 Å². The van der Waals surface area contributed by atoms with E-state index >= 15 is 0 Å². The van der Waals surface area contributed by atoms with Gasteiger partial charge in [-0.2, -0.15) is 0 Å². The quantitative estimate of drug-likeness (QED) is 0.401. The molecule has 0 aliphatic heterocycles. The lowest BCUT2D eigenvalue weighted by atomic mass is 9.94. The van der Waals surface area contributed by atoms with Crippen molar-refractivity contribution in [3.63, 3.8) is 0 Å². The van der Waals surface area contributed by atoms with Crippen molar-refractivity contribution in [2.24, 2.45) is 0 Å². The number of unbranched alkanes of at least 4 members (excludes halogenated alkanes) is 2. The normalized spacial score (nSPS) is 15.8. The molecule has 0 aromatic heterocycles. The average molecular weight is 136 g/mol. The maximum atomic E-state index is 3.70. The highest BCUT2D eigenvalue weighted by molar-refractivity contribution is 5.11. The van der Waals surface area contributed by atoms with Crippen LogP contribution in [0.2, 0.25) is 0 Å². The molecule has 0 aromatic rings. The van der Waals surface area contributed by atoms with Gasteiger partial charge in [-0.1, -0.05) is 17.7 Å². The smallest absolute Gasteiger partial charge is 0.0285 e. The maximum Gasteiger partial charge on any atom is -0.0285 e. The molecule has 0 bridgehead atoms. The third-order valence-electron chi connectivity index (χ3n) is 2.05. The summed E-state index contributed by atoms with van der Waals surface area (Å²) >= 11 is 0. The van der Waals surface area contributed by atoms with Crippen molar-refractivity contribution in [1.82, 2.24) is 0 Å². The molecule has 0 heteroatoms. The van der Waals surface area contributed by atoms with Crippen molar-refractivity contribution >= 4 is 0 Å². The molecule has 0 saturated carbocycles. The Hall–Kier alpha value is -0.520. The molecule has 0 heterocycles. The molecule has 1 aliphatic carbocycles. The van der Waals surface area contributed by atoms with Gasteiger partial charge >= 0.3 is 0 Å². The monoisotopic (exact) mass is 136 g/mol. The van der Waals surface area contributed by atoms with E-state index in [0.717, 1.165) is 0 Å². The standard InChI is InChI=1S/C10H16/c1-2-3-4-5-7-10-8-6-9-10/h2,8H,1,3-7,9H2. The van der Waals surface area contributed by atoms with Crippen LogP contribution in [0.15, 0.2) is 24.3 Å². The highest BCUT2D eigenvalue weighted by Gasteiger charge is 2.03. The molecule has 0 saturated heterocycles. The first-order valence-electron chi connectivity index (χ1n) is 4.22. The second kappa shape index (κ2) is 4.32. The first kappa shape index (κ1) is 7.59. The lowest BCUT2D eigenvalue weighted by molar-refractivity contribution is 0.691. The van der Waals surface area contributed by atoms with E-state index in [-0.39, 0.29) is 0 Å². The van der Waals surface area contributed by atoms with Crippen LogP contribution in [0, 0.1) is 0 Å². The van der Waals surface area contributed by atoms with Crippen LogP contribution in [-0.4, -0.2) is 0 Å². The Labute approximate surface area is 63.6 Å². The summed E-state index contributed by atoms with van der Waals surface area (Å²) in [4.78, 5) is 0. The Kier molecular flexibility index (Phi) is 3.28. The van der Waals surface area contributed by atoms with E-state index in [2.05, 4.69) is 12.7 Å². The van der Waals surface area contributed by atoms with Gasteiger partial charge < -0.3 is 0 Å². The summed E-state index contributed by atoms with van der Waals surface area (Å²) in [6.45, 7) is 3.70. The average Bonchev–Trinajstić information content (AvgIpc) is 1.84. The van der Waals surface area contributed by atoms with E-state index in [1.807, 2.05) is 6.08 Å². The zero-order valence-corrected chi connectivity index (χ0v) is 6.60. The maximum absolute atomic E-state index is 3.70. The number of hydrogen-bond acceptors (Lipinski definition) is 0. The lowest BCUT2D eigenvalue weighted by Gasteiger charge is -2.13. The van der Waals surface area contributed by atoms with Crippen LogP contribution in [0.1, 0.15) is 38.5 Å².